The molecule has 5 nitrogen and oxygen atoms in total. The summed E-state index contributed by atoms with van der Waals surface area (Å²) in [7, 11) is 1.60. The van der Waals surface area contributed by atoms with Crippen LogP contribution < -0.4 is 5.32 Å². The number of benzene rings is 2. The van der Waals surface area contributed by atoms with Crippen molar-refractivity contribution in [1.29, 1.82) is 0 Å². The minimum absolute atomic E-state index is 0.0317. The molecule has 0 spiro atoms. The number of nitrogens with one attached hydrogen (secondary N) is 1. The van der Waals surface area contributed by atoms with Crippen molar-refractivity contribution in [2.45, 2.75) is 25.5 Å². The smallest absolute Gasteiger partial charge is 0.242 e. The van der Waals surface area contributed by atoms with Gasteiger partial charge in [-0.2, -0.15) is 0 Å². The maximum atomic E-state index is 13.3. The number of amides is 2. The molecule has 2 aromatic carbocycles. The minimum Gasteiger partial charge on any atom is -0.326 e. The molecule has 2 aromatic rings. The van der Waals surface area contributed by atoms with Crippen LogP contribution in [0, 0.1) is 19.7 Å². The van der Waals surface area contributed by atoms with Gasteiger partial charge in [0.15, 0.2) is 5.17 Å². The number of aryl methyl sites for hydroxylation is 2. The average Bonchev–Trinajstić information content (AvgIpc) is 2.89. The molecule has 0 aliphatic carbocycles. The first kappa shape index (κ1) is 20.4. The van der Waals surface area contributed by atoms with Gasteiger partial charge in [0, 0.05) is 19.2 Å². The third-order valence-corrected chi connectivity index (χ3v) is 5.95. The van der Waals surface area contributed by atoms with Crippen molar-refractivity contribution in [3.05, 3.63) is 58.4 Å². The zero-order valence-electron chi connectivity index (χ0n) is 15.6. The number of anilines is 1. The van der Waals surface area contributed by atoms with Gasteiger partial charge in [-0.15, -0.1) is 0 Å². The van der Waals surface area contributed by atoms with Crippen LogP contribution in [0.4, 0.5) is 15.8 Å². The fourth-order valence-electron chi connectivity index (χ4n) is 2.66. The van der Waals surface area contributed by atoms with E-state index in [1.165, 1.54) is 34.9 Å². The van der Waals surface area contributed by atoms with Crippen molar-refractivity contribution >= 4 is 51.7 Å². The lowest BCUT2D eigenvalue weighted by Gasteiger charge is -2.10. The van der Waals surface area contributed by atoms with Gasteiger partial charge in [0.2, 0.25) is 11.8 Å². The van der Waals surface area contributed by atoms with Gasteiger partial charge >= 0.3 is 0 Å². The first-order valence-electron chi connectivity index (χ1n) is 8.59. The van der Waals surface area contributed by atoms with Gasteiger partial charge in [0.05, 0.1) is 10.7 Å². The highest BCUT2D eigenvalue weighted by atomic mass is 35.5. The van der Waals surface area contributed by atoms with E-state index in [1.807, 2.05) is 32.0 Å². The van der Waals surface area contributed by atoms with Gasteiger partial charge in [-0.25, -0.2) is 9.38 Å². The summed E-state index contributed by atoms with van der Waals surface area (Å²) in [6.45, 7) is 3.97. The molecule has 0 bridgehead atoms. The summed E-state index contributed by atoms with van der Waals surface area (Å²) in [5.74, 6) is -0.976. The average molecular weight is 420 g/mol. The van der Waals surface area contributed by atoms with Crippen LogP contribution >= 0.6 is 23.4 Å². The molecule has 1 aliphatic heterocycles. The number of hydrogen-bond donors (Lipinski definition) is 1. The fraction of sp³-hybridized carbons (Fsp3) is 0.250. The summed E-state index contributed by atoms with van der Waals surface area (Å²) < 4.78 is 13.3. The van der Waals surface area contributed by atoms with Crippen molar-refractivity contribution in [1.82, 2.24) is 4.90 Å². The Morgan fingerprint density at radius 1 is 1.25 bits per heavy atom. The summed E-state index contributed by atoms with van der Waals surface area (Å²) in [6.07, 6.45) is 0.0317. The Labute approximate surface area is 172 Å². The monoisotopic (exact) mass is 419 g/mol. The predicted octanol–water partition coefficient (Wildman–Crippen LogP) is 4.69. The van der Waals surface area contributed by atoms with Crippen LogP contribution in [0.15, 0.2) is 41.4 Å². The number of nitrogens with zero attached hydrogens (tertiary/aromatic N) is 2. The molecular weight excluding hydrogens is 401 g/mol. The number of thioether (sulfide) groups is 1. The second-order valence-corrected chi connectivity index (χ2v) is 8.12. The summed E-state index contributed by atoms with van der Waals surface area (Å²) in [4.78, 5) is 30.6. The lowest BCUT2D eigenvalue weighted by atomic mass is 10.1. The summed E-state index contributed by atoms with van der Waals surface area (Å²) in [6, 6.07) is 9.76. The SMILES string of the molecule is Cc1ccc(NC(=O)C[C@@H]2SC(=Nc3ccc(F)c(Cl)c3)N(C)C2=O)cc1C. The third kappa shape index (κ3) is 4.54. The van der Waals surface area contributed by atoms with Gasteiger partial charge in [0.25, 0.3) is 0 Å². The van der Waals surface area contributed by atoms with Crippen molar-refractivity contribution in [3.8, 4) is 0 Å². The molecule has 8 heteroatoms. The number of carbonyl (C=O) groups excluding carboxylic acids is 2. The molecule has 3 rings (SSSR count). The number of rotatable bonds is 4. The van der Waals surface area contributed by atoms with Crippen LogP contribution in [0.3, 0.4) is 0 Å². The first-order chi connectivity index (χ1) is 13.2. The minimum atomic E-state index is -0.564. The molecule has 1 saturated heterocycles. The molecule has 1 heterocycles. The maximum Gasteiger partial charge on any atom is 0.242 e. The van der Waals surface area contributed by atoms with E-state index in [9.17, 15) is 14.0 Å². The van der Waals surface area contributed by atoms with Crippen LogP contribution in [0.5, 0.6) is 0 Å². The second-order valence-electron chi connectivity index (χ2n) is 6.55. The highest BCUT2D eigenvalue weighted by Crippen LogP contribution is 2.31. The van der Waals surface area contributed by atoms with Crippen molar-refractivity contribution < 1.29 is 14.0 Å². The fourth-order valence-corrected chi connectivity index (χ4v) is 3.99. The second kappa shape index (κ2) is 8.32. The zero-order valence-corrected chi connectivity index (χ0v) is 17.2. The third-order valence-electron chi connectivity index (χ3n) is 4.43. The number of hydrogen-bond acceptors (Lipinski definition) is 4. The largest absolute Gasteiger partial charge is 0.326 e. The summed E-state index contributed by atoms with van der Waals surface area (Å²) in [5.41, 5.74) is 3.36. The van der Waals surface area contributed by atoms with E-state index in [0.717, 1.165) is 11.1 Å². The maximum absolute atomic E-state index is 13.3. The van der Waals surface area contributed by atoms with Crippen LogP contribution in [0.2, 0.25) is 5.02 Å². The molecule has 1 atom stereocenters. The number of carbonyl (C=O) groups is 2. The molecular formula is C20H19ClFN3O2S. The molecule has 146 valence electrons. The topological polar surface area (TPSA) is 61.8 Å². The Balaban J connectivity index is 1.68. The Kier molecular flexibility index (Phi) is 6.05. The van der Waals surface area contributed by atoms with Crippen molar-refractivity contribution in [3.63, 3.8) is 0 Å². The van der Waals surface area contributed by atoms with Crippen LogP contribution in [0.1, 0.15) is 17.5 Å². The molecule has 2 amide bonds. The van der Waals surface area contributed by atoms with E-state index in [0.29, 0.717) is 16.5 Å². The van der Waals surface area contributed by atoms with Crippen molar-refractivity contribution in [2.75, 3.05) is 12.4 Å². The lowest BCUT2D eigenvalue weighted by Crippen LogP contribution is -2.30. The van der Waals surface area contributed by atoms with E-state index in [1.54, 1.807) is 7.05 Å². The molecule has 0 unspecified atom stereocenters. The molecule has 0 radical (unpaired) electrons. The van der Waals surface area contributed by atoms with E-state index in [4.69, 9.17) is 11.6 Å². The van der Waals surface area contributed by atoms with Crippen LogP contribution in [0.25, 0.3) is 0 Å². The molecule has 28 heavy (non-hydrogen) atoms. The number of amidine groups is 1. The molecule has 0 aromatic heterocycles. The molecule has 1 aliphatic rings. The Bertz CT molecular complexity index is 980. The first-order valence-corrected chi connectivity index (χ1v) is 9.85. The van der Waals surface area contributed by atoms with Gasteiger partial charge in [-0.05, 0) is 55.3 Å². The van der Waals surface area contributed by atoms with E-state index in [2.05, 4.69) is 10.3 Å². The quantitative estimate of drug-likeness (QED) is 0.782. The Hall–Kier alpha value is -2.38. The summed E-state index contributed by atoms with van der Waals surface area (Å²) >= 11 is 6.98. The van der Waals surface area contributed by atoms with Gasteiger partial charge in [-0.1, -0.05) is 29.4 Å². The highest BCUT2D eigenvalue weighted by Gasteiger charge is 2.37. The number of aliphatic imine (C=N–C) groups is 1. The van der Waals surface area contributed by atoms with Gasteiger partial charge < -0.3 is 5.32 Å². The van der Waals surface area contributed by atoms with Crippen molar-refractivity contribution in [2.24, 2.45) is 4.99 Å². The van der Waals surface area contributed by atoms with Crippen LogP contribution in [-0.2, 0) is 9.59 Å². The van der Waals surface area contributed by atoms with E-state index in [-0.39, 0.29) is 23.3 Å². The Morgan fingerprint density at radius 2 is 2.00 bits per heavy atom. The van der Waals surface area contributed by atoms with E-state index >= 15 is 0 Å². The molecule has 1 fully saturated rings. The van der Waals surface area contributed by atoms with E-state index < -0.39 is 11.1 Å². The predicted molar refractivity (Wildman–Crippen MR) is 112 cm³/mol. The van der Waals surface area contributed by atoms with Crippen LogP contribution in [-0.4, -0.2) is 34.2 Å². The van der Waals surface area contributed by atoms with Gasteiger partial charge in [-0.3, -0.25) is 14.5 Å². The highest BCUT2D eigenvalue weighted by molar-refractivity contribution is 8.15. The molecule has 1 N–H and O–H groups in total. The molecule has 0 saturated carbocycles. The normalized spacial score (nSPS) is 18.0. The number of halogens is 2. The Morgan fingerprint density at radius 3 is 2.68 bits per heavy atom. The zero-order chi connectivity index (χ0) is 20.4. The lowest BCUT2D eigenvalue weighted by molar-refractivity contribution is -0.127. The van der Waals surface area contributed by atoms with Gasteiger partial charge in [0.1, 0.15) is 11.1 Å². The summed E-state index contributed by atoms with van der Waals surface area (Å²) in [5, 5.41) is 2.67. The standard InChI is InChI=1S/C20H19ClFN3O2S/c1-11-4-5-13(8-12(11)2)23-18(26)10-17-19(27)25(3)20(28-17)24-14-6-7-16(22)15(21)9-14/h4-9,17H,10H2,1-3H3,(H,23,26)/t17-/m0/s1.